The maximum atomic E-state index is 13.5. The van der Waals surface area contributed by atoms with Crippen molar-refractivity contribution >= 4 is 21.6 Å². The molecule has 33 heavy (non-hydrogen) atoms. The van der Waals surface area contributed by atoms with E-state index in [-0.39, 0.29) is 16.5 Å². The highest BCUT2D eigenvalue weighted by molar-refractivity contribution is 7.92. The summed E-state index contributed by atoms with van der Waals surface area (Å²) in [6.07, 6.45) is 0. The molecule has 9 heteroatoms. The lowest BCUT2D eigenvalue weighted by Crippen LogP contribution is -2.41. The van der Waals surface area contributed by atoms with E-state index in [1.54, 1.807) is 49.4 Å². The van der Waals surface area contributed by atoms with E-state index in [1.807, 2.05) is 0 Å². The molecule has 0 aliphatic rings. The number of para-hydroxylation sites is 1. The van der Waals surface area contributed by atoms with Crippen LogP contribution in [-0.2, 0) is 14.8 Å². The van der Waals surface area contributed by atoms with Gasteiger partial charge < -0.3 is 14.8 Å². The first-order valence-corrected chi connectivity index (χ1v) is 11.5. The molecule has 0 aliphatic heterocycles. The summed E-state index contributed by atoms with van der Waals surface area (Å²) in [5.41, 5.74) is 1.02. The largest absolute Gasteiger partial charge is 0.493 e. The summed E-state index contributed by atoms with van der Waals surface area (Å²) in [7, 11) is -1.26. The number of nitrogens with one attached hydrogen (secondary N) is 1. The maximum absolute atomic E-state index is 13.5. The highest BCUT2D eigenvalue weighted by Gasteiger charge is 2.28. The Labute approximate surface area is 192 Å². The number of sulfonamides is 1. The third kappa shape index (κ3) is 5.61. The monoisotopic (exact) mass is 472 g/mol. The van der Waals surface area contributed by atoms with Crippen LogP contribution in [0.15, 0.2) is 77.7 Å². The summed E-state index contributed by atoms with van der Waals surface area (Å²) in [6.45, 7) is 1.28. The standard InChI is InChI=1S/C24H25FN2O5S/c1-17(18-9-11-19(25)12-10-18)26-24(28)16-27(20-7-5-4-6-8-20)33(29,30)21-13-14-22(31-2)23(15-21)32-3/h4-15,17H,16H2,1-3H3,(H,26,28)/t17-/m1/s1. The Bertz CT molecular complexity index is 1200. The fourth-order valence-electron chi connectivity index (χ4n) is 3.27. The number of benzene rings is 3. The molecular formula is C24H25FN2O5S. The number of halogens is 1. The van der Waals surface area contributed by atoms with Gasteiger partial charge in [0.15, 0.2) is 11.5 Å². The second-order valence-electron chi connectivity index (χ2n) is 7.20. The fourth-order valence-corrected chi connectivity index (χ4v) is 4.70. The first-order chi connectivity index (χ1) is 15.8. The Morgan fingerprint density at radius 1 is 0.970 bits per heavy atom. The average Bonchev–Trinajstić information content (AvgIpc) is 2.82. The molecule has 1 N–H and O–H groups in total. The van der Waals surface area contributed by atoms with Crippen molar-refractivity contribution in [2.75, 3.05) is 25.1 Å². The number of methoxy groups -OCH3 is 2. The molecule has 0 heterocycles. The molecule has 0 aromatic heterocycles. The van der Waals surface area contributed by atoms with Gasteiger partial charge in [-0.15, -0.1) is 0 Å². The van der Waals surface area contributed by atoms with Crippen molar-refractivity contribution in [3.63, 3.8) is 0 Å². The summed E-state index contributed by atoms with van der Waals surface area (Å²) >= 11 is 0. The minimum absolute atomic E-state index is 0.0524. The maximum Gasteiger partial charge on any atom is 0.264 e. The van der Waals surface area contributed by atoms with E-state index in [0.29, 0.717) is 17.0 Å². The summed E-state index contributed by atoms with van der Waals surface area (Å²) in [4.78, 5) is 12.8. The minimum Gasteiger partial charge on any atom is -0.493 e. The van der Waals surface area contributed by atoms with Crippen molar-refractivity contribution in [1.29, 1.82) is 0 Å². The van der Waals surface area contributed by atoms with Crippen LogP contribution in [0.5, 0.6) is 11.5 Å². The van der Waals surface area contributed by atoms with Crippen LogP contribution >= 0.6 is 0 Å². The summed E-state index contributed by atoms with van der Waals surface area (Å²) in [5.74, 6) is -0.261. The van der Waals surface area contributed by atoms with Gasteiger partial charge in [0.05, 0.1) is 30.8 Å². The quantitative estimate of drug-likeness (QED) is 0.510. The number of hydrogen-bond donors (Lipinski definition) is 1. The van der Waals surface area contributed by atoms with Crippen LogP contribution < -0.4 is 19.1 Å². The van der Waals surface area contributed by atoms with Crippen LogP contribution in [0.25, 0.3) is 0 Å². The van der Waals surface area contributed by atoms with Crippen LogP contribution in [0.2, 0.25) is 0 Å². The number of nitrogens with zero attached hydrogens (tertiary/aromatic N) is 1. The molecule has 3 aromatic carbocycles. The molecule has 0 aliphatic carbocycles. The van der Waals surface area contributed by atoms with Crippen molar-refractivity contribution in [2.24, 2.45) is 0 Å². The van der Waals surface area contributed by atoms with Crippen molar-refractivity contribution in [2.45, 2.75) is 17.9 Å². The molecule has 1 amide bonds. The van der Waals surface area contributed by atoms with Crippen molar-refractivity contribution < 1.29 is 27.1 Å². The minimum atomic E-state index is -4.13. The van der Waals surface area contributed by atoms with Gasteiger partial charge in [-0.1, -0.05) is 30.3 Å². The number of carbonyl (C=O) groups excluding carboxylic acids is 1. The first-order valence-electron chi connectivity index (χ1n) is 10.1. The van der Waals surface area contributed by atoms with Crippen LogP contribution in [0, 0.1) is 5.82 Å². The van der Waals surface area contributed by atoms with Crippen LogP contribution in [0.1, 0.15) is 18.5 Å². The zero-order valence-electron chi connectivity index (χ0n) is 18.5. The van der Waals surface area contributed by atoms with Gasteiger partial charge in [0.25, 0.3) is 10.0 Å². The predicted octanol–water partition coefficient (Wildman–Crippen LogP) is 3.92. The van der Waals surface area contributed by atoms with E-state index in [0.717, 1.165) is 4.31 Å². The summed E-state index contributed by atoms with van der Waals surface area (Å²) in [5, 5.41) is 2.77. The molecule has 0 saturated carbocycles. The van der Waals surface area contributed by atoms with E-state index < -0.39 is 28.5 Å². The van der Waals surface area contributed by atoms with Crippen molar-refractivity contribution in [3.05, 3.63) is 84.2 Å². The zero-order valence-corrected chi connectivity index (χ0v) is 19.3. The van der Waals surface area contributed by atoms with Crippen molar-refractivity contribution in [1.82, 2.24) is 5.32 Å². The van der Waals surface area contributed by atoms with Gasteiger partial charge in [-0.3, -0.25) is 9.10 Å². The molecule has 3 aromatic rings. The van der Waals surface area contributed by atoms with Gasteiger partial charge in [0.2, 0.25) is 5.91 Å². The van der Waals surface area contributed by atoms with Gasteiger partial charge in [0, 0.05) is 6.07 Å². The Kier molecular flexibility index (Phi) is 7.55. The Morgan fingerprint density at radius 3 is 2.21 bits per heavy atom. The normalized spacial score (nSPS) is 12.0. The fraction of sp³-hybridized carbons (Fsp3) is 0.208. The highest BCUT2D eigenvalue weighted by Crippen LogP contribution is 2.32. The number of ether oxygens (including phenoxy) is 2. The van der Waals surface area contributed by atoms with E-state index in [9.17, 15) is 17.6 Å². The molecule has 0 spiro atoms. The molecule has 7 nitrogen and oxygen atoms in total. The lowest BCUT2D eigenvalue weighted by Gasteiger charge is -2.25. The number of amides is 1. The third-order valence-electron chi connectivity index (χ3n) is 5.02. The molecule has 3 rings (SSSR count). The summed E-state index contributed by atoms with van der Waals surface area (Å²) in [6, 6.07) is 17.9. The molecule has 0 fully saturated rings. The molecular weight excluding hydrogens is 447 g/mol. The molecule has 0 saturated heterocycles. The molecule has 0 bridgehead atoms. The molecule has 0 radical (unpaired) electrons. The van der Waals surface area contributed by atoms with Crippen molar-refractivity contribution in [3.8, 4) is 11.5 Å². The Morgan fingerprint density at radius 2 is 1.61 bits per heavy atom. The predicted molar refractivity (Wildman–Crippen MR) is 123 cm³/mol. The van der Waals surface area contributed by atoms with Crippen LogP contribution in [-0.4, -0.2) is 35.1 Å². The average molecular weight is 473 g/mol. The van der Waals surface area contributed by atoms with E-state index in [2.05, 4.69) is 5.32 Å². The lowest BCUT2D eigenvalue weighted by molar-refractivity contribution is -0.120. The molecule has 0 unspecified atom stereocenters. The number of rotatable bonds is 9. The lowest BCUT2D eigenvalue weighted by atomic mass is 10.1. The summed E-state index contributed by atoms with van der Waals surface area (Å²) < 4.78 is 51.7. The smallest absolute Gasteiger partial charge is 0.264 e. The second kappa shape index (κ2) is 10.4. The first kappa shape index (κ1) is 24.1. The highest BCUT2D eigenvalue weighted by atomic mass is 32.2. The molecule has 1 atom stereocenters. The van der Waals surface area contributed by atoms with Gasteiger partial charge in [0.1, 0.15) is 12.4 Å². The Balaban J connectivity index is 1.90. The van der Waals surface area contributed by atoms with E-state index in [1.165, 1.54) is 44.6 Å². The topological polar surface area (TPSA) is 84.9 Å². The van der Waals surface area contributed by atoms with Crippen LogP contribution in [0.4, 0.5) is 10.1 Å². The van der Waals surface area contributed by atoms with E-state index >= 15 is 0 Å². The van der Waals surface area contributed by atoms with Gasteiger partial charge >= 0.3 is 0 Å². The van der Waals surface area contributed by atoms with Crippen LogP contribution in [0.3, 0.4) is 0 Å². The zero-order chi connectivity index (χ0) is 24.0. The van der Waals surface area contributed by atoms with Gasteiger partial charge in [-0.2, -0.15) is 0 Å². The van der Waals surface area contributed by atoms with E-state index in [4.69, 9.17) is 9.47 Å². The van der Waals surface area contributed by atoms with Gasteiger partial charge in [-0.05, 0) is 48.9 Å². The second-order valence-corrected chi connectivity index (χ2v) is 9.07. The molecule has 174 valence electrons. The number of hydrogen-bond acceptors (Lipinski definition) is 5. The number of anilines is 1. The van der Waals surface area contributed by atoms with Gasteiger partial charge in [-0.25, -0.2) is 12.8 Å². The third-order valence-corrected chi connectivity index (χ3v) is 6.79. The number of carbonyl (C=O) groups is 1. The SMILES string of the molecule is COc1ccc(S(=O)(=O)N(CC(=O)N[C@H](C)c2ccc(F)cc2)c2ccccc2)cc1OC. The Hall–Kier alpha value is -3.59.